The van der Waals surface area contributed by atoms with Gasteiger partial charge < -0.3 is 4.74 Å². The van der Waals surface area contributed by atoms with Crippen LogP contribution in [0.4, 0.5) is 0 Å². The van der Waals surface area contributed by atoms with Crippen molar-refractivity contribution in [3.8, 4) is 0 Å². The van der Waals surface area contributed by atoms with Crippen molar-refractivity contribution in [2.24, 2.45) is 5.92 Å². The summed E-state index contributed by atoms with van der Waals surface area (Å²) in [6.45, 7) is 5.25. The molecule has 0 aromatic heterocycles. The summed E-state index contributed by atoms with van der Waals surface area (Å²) >= 11 is 0. The number of nitrogens with zero attached hydrogens (tertiary/aromatic N) is 1. The molecule has 3 aliphatic rings. The number of benzene rings is 1. The van der Waals surface area contributed by atoms with E-state index < -0.39 is 0 Å². The van der Waals surface area contributed by atoms with Gasteiger partial charge in [0.2, 0.25) is 0 Å². The molecule has 1 unspecified atom stereocenters. The summed E-state index contributed by atoms with van der Waals surface area (Å²) in [7, 11) is 0. The highest BCUT2D eigenvalue weighted by Gasteiger charge is 2.36. The van der Waals surface area contributed by atoms with Gasteiger partial charge in [-0.2, -0.15) is 0 Å². The van der Waals surface area contributed by atoms with Gasteiger partial charge in [0, 0.05) is 6.54 Å². The first kappa shape index (κ1) is 11.7. The molecule has 3 heterocycles. The SMILES string of the molecule is Cc1cccc(C(=O)OC2CN3CCC2CC3)c1. The van der Waals surface area contributed by atoms with Crippen LogP contribution in [0, 0.1) is 12.8 Å². The molecule has 0 saturated carbocycles. The molecule has 1 atom stereocenters. The van der Waals surface area contributed by atoms with E-state index in [0.29, 0.717) is 11.5 Å². The summed E-state index contributed by atoms with van der Waals surface area (Å²) in [6.07, 6.45) is 2.44. The number of piperidine rings is 3. The number of aryl methyl sites for hydroxylation is 1. The Labute approximate surface area is 108 Å². The molecule has 1 aromatic carbocycles. The molecule has 3 nitrogen and oxygen atoms in total. The van der Waals surface area contributed by atoms with Crippen LogP contribution >= 0.6 is 0 Å². The van der Waals surface area contributed by atoms with Gasteiger partial charge in [0.1, 0.15) is 6.10 Å². The quantitative estimate of drug-likeness (QED) is 0.748. The first-order valence-electron chi connectivity index (χ1n) is 6.72. The van der Waals surface area contributed by atoms with E-state index in [2.05, 4.69) is 4.90 Å². The van der Waals surface area contributed by atoms with Crippen molar-refractivity contribution in [3.05, 3.63) is 35.4 Å². The van der Waals surface area contributed by atoms with Crippen molar-refractivity contribution < 1.29 is 9.53 Å². The Hall–Kier alpha value is -1.35. The Bertz CT molecular complexity index is 450. The van der Waals surface area contributed by atoms with Gasteiger partial charge in [0.15, 0.2) is 0 Å². The van der Waals surface area contributed by atoms with E-state index in [1.807, 2.05) is 31.2 Å². The third-order valence-electron chi connectivity index (χ3n) is 4.11. The molecule has 3 aliphatic heterocycles. The highest BCUT2D eigenvalue weighted by atomic mass is 16.5. The lowest BCUT2D eigenvalue weighted by Gasteiger charge is -2.43. The first-order chi connectivity index (χ1) is 8.72. The van der Waals surface area contributed by atoms with Gasteiger partial charge in [-0.1, -0.05) is 17.7 Å². The van der Waals surface area contributed by atoms with Crippen LogP contribution in [0.15, 0.2) is 24.3 Å². The molecule has 0 radical (unpaired) electrons. The summed E-state index contributed by atoms with van der Waals surface area (Å²) in [6, 6.07) is 7.62. The van der Waals surface area contributed by atoms with Gasteiger partial charge in [0.25, 0.3) is 0 Å². The van der Waals surface area contributed by atoms with Crippen molar-refractivity contribution >= 4 is 5.97 Å². The lowest BCUT2D eigenvalue weighted by molar-refractivity contribution is -0.0455. The third-order valence-corrected chi connectivity index (χ3v) is 4.11. The molecular formula is C15H19NO2. The van der Waals surface area contributed by atoms with Gasteiger partial charge in [-0.25, -0.2) is 4.79 Å². The summed E-state index contributed by atoms with van der Waals surface area (Å²) in [4.78, 5) is 14.5. The molecule has 0 amide bonds. The van der Waals surface area contributed by atoms with E-state index in [9.17, 15) is 4.79 Å². The highest BCUT2D eigenvalue weighted by molar-refractivity contribution is 5.89. The largest absolute Gasteiger partial charge is 0.457 e. The molecular weight excluding hydrogens is 226 g/mol. The maximum absolute atomic E-state index is 12.1. The lowest BCUT2D eigenvalue weighted by Crippen LogP contribution is -2.51. The van der Waals surface area contributed by atoms with E-state index in [-0.39, 0.29) is 12.1 Å². The van der Waals surface area contributed by atoms with E-state index in [1.54, 1.807) is 0 Å². The van der Waals surface area contributed by atoms with E-state index in [4.69, 9.17) is 4.74 Å². The standard InChI is InChI=1S/C15H19NO2/c1-11-3-2-4-13(9-11)15(17)18-14-10-16-7-5-12(14)6-8-16/h2-4,9,12,14H,5-8,10H2,1H3. The molecule has 18 heavy (non-hydrogen) atoms. The van der Waals surface area contributed by atoms with E-state index in [1.165, 1.54) is 25.9 Å². The minimum Gasteiger partial charge on any atom is -0.457 e. The number of fused-ring (bicyclic) bond motifs is 3. The van der Waals surface area contributed by atoms with Crippen LogP contribution in [0.5, 0.6) is 0 Å². The fraction of sp³-hybridized carbons (Fsp3) is 0.533. The number of carbonyl (C=O) groups excluding carboxylic acids is 1. The second-order valence-corrected chi connectivity index (χ2v) is 5.45. The second-order valence-electron chi connectivity index (χ2n) is 5.45. The zero-order valence-corrected chi connectivity index (χ0v) is 10.8. The molecule has 4 rings (SSSR count). The van der Waals surface area contributed by atoms with Crippen LogP contribution in [0.1, 0.15) is 28.8 Å². The van der Waals surface area contributed by atoms with E-state index in [0.717, 1.165) is 12.1 Å². The van der Waals surface area contributed by atoms with Crippen LogP contribution < -0.4 is 0 Å². The normalized spacial score (nSPS) is 30.2. The van der Waals surface area contributed by atoms with Crippen LogP contribution in [0.25, 0.3) is 0 Å². The highest BCUT2D eigenvalue weighted by Crippen LogP contribution is 2.30. The van der Waals surface area contributed by atoms with Crippen LogP contribution in [0.3, 0.4) is 0 Å². The van der Waals surface area contributed by atoms with Crippen molar-refractivity contribution in [1.29, 1.82) is 0 Å². The average Bonchev–Trinajstić information content (AvgIpc) is 2.40. The molecule has 3 saturated heterocycles. The van der Waals surface area contributed by atoms with Crippen molar-refractivity contribution in [2.75, 3.05) is 19.6 Å². The number of hydrogen-bond donors (Lipinski definition) is 0. The molecule has 1 aromatic rings. The average molecular weight is 245 g/mol. The Balaban J connectivity index is 1.68. The molecule has 0 N–H and O–H groups in total. The molecule has 0 spiro atoms. The Morgan fingerprint density at radius 2 is 2.11 bits per heavy atom. The molecule has 96 valence electrons. The van der Waals surface area contributed by atoms with Crippen LogP contribution in [-0.4, -0.2) is 36.6 Å². The predicted molar refractivity (Wildman–Crippen MR) is 69.5 cm³/mol. The minimum absolute atomic E-state index is 0.0977. The zero-order chi connectivity index (χ0) is 12.5. The topological polar surface area (TPSA) is 29.5 Å². The molecule has 0 aliphatic carbocycles. The molecule has 2 bridgehead atoms. The Morgan fingerprint density at radius 3 is 2.72 bits per heavy atom. The number of ether oxygens (including phenoxy) is 1. The van der Waals surface area contributed by atoms with Crippen LogP contribution in [-0.2, 0) is 4.74 Å². The lowest BCUT2D eigenvalue weighted by atomic mass is 9.86. The van der Waals surface area contributed by atoms with Crippen molar-refractivity contribution in [1.82, 2.24) is 4.90 Å². The summed E-state index contributed by atoms with van der Waals surface area (Å²) in [5.74, 6) is 0.404. The first-order valence-corrected chi connectivity index (χ1v) is 6.72. The number of carbonyl (C=O) groups is 1. The van der Waals surface area contributed by atoms with Gasteiger partial charge in [-0.3, -0.25) is 4.90 Å². The molecule has 3 heteroatoms. The second kappa shape index (κ2) is 4.73. The van der Waals surface area contributed by atoms with Gasteiger partial charge in [0.05, 0.1) is 5.56 Å². The monoisotopic (exact) mass is 245 g/mol. The molecule has 3 fully saturated rings. The zero-order valence-electron chi connectivity index (χ0n) is 10.8. The fourth-order valence-electron chi connectivity index (χ4n) is 3.02. The number of esters is 1. The summed E-state index contributed by atoms with van der Waals surface area (Å²) < 4.78 is 5.69. The van der Waals surface area contributed by atoms with Crippen molar-refractivity contribution in [3.63, 3.8) is 0 Å². The van der Waals surface area contributed by atoms with Gasteiger partial charge >= 0.3 is 5.97 Å². The third kappa shape index (κ3) is 2.27. The predicted octanol–water partition coefficient (Wildman–Crippen LogP) is 2.25. The maximum atomic E-state index is 12.1. The summed E-state index contributed by atoms with van der Waals surface area (Å²) in [5.41, 5.74) is 1.77. The van der Waals surface area contributed by atoms with Gasteiger partial charge in [-0.15, -0.1) is 0 Å². The number of hydrogen-bond acceptors (Lipinski definition) is 3. The number of rotatable bonds is 2. The Kier molecular flexibility index (Phi) is 3.08. The fourth-order valence-corrected chi connectivity index (χ4v) is 3.02. The van der Waals surface area contributed by atoms with Gasteiger partial charge in [-0.05, 0) is 50.9 Å². The van der Waals surface area contributed by atoms with Crippen molar-refractivity contribution in [2.45, 2.75) is 25.9 Å². The van der Waals surface area contributed by atoms with E-state index >= 15 is 0 Å². The van der Waals surface area contributed by atoms with Crippen LogP contribution in [0.2, 0.25) is 0 Å². The maximum Gasteiger partial charge on any atom is 0.338 e. The minimum atomic E-state index is -0.169. The Morgan fingerprint density at radius 1 is 1.33 bits per heavy atom. The smallest absolute Gasteiger partial charge is 0.338 e. The summed E-state index contributed by atoms with van der Waals surface area (Å²) in [5, 5.41) is 0.